The first-order valence-electron chi connectivity index (χ1n) is 10.5. The van der Waals surface area contributed by atoms with Crippen LogP contribution in [0.15, 0.2) is 65.6 Å². The van der Waals surface area contributed by atoms with E-state index < -0.39 is 5.82 Å². The van der Waals surface area contributed by atoms with Gasteiger partial charge in [-0.15, -0.1) is 0 Å². The number of aromatic nitrogens is 1. The van der Waals surface area contributed by atoms with Crippen molar-refractivity contribution in [1.82, 2.24) is 9.47 Å². The molecule has 0 aliphatic carbocycles. The van der Waals surface area contributed by atoms with E-state index in [0.29, 0.717) is 38.4 Å². The Balaban J connectivity index is 1.49. The molecule has 2 heterocycles. The zero-order chi connectivity index (χ0) is 22.7. The van der Waals surface area contributed by atoms with Crippen LogP contribution in [-0.2, 0) is 6.54 Å². The fourth-order valence-electron chi connectivity index (χ4n) is 4.04. The molecule has 4 rings (SSSR count). The van der Waals surface area contributed by atoms with Gasteiger partial charge in [0.1, 0.15) is 23.0 Å². The molecular formula is C25H23FN4O2. The lowest BCUT2D eigenvalue weighted by Crippen LogP contribution is -2.50. The Kier molecular flexibility index (Phi) is 6.04. The molecule has 6 nitrogen and oxygen atoms in total. The number of hydrogen-bond donors (Lipinski definition) is 0. The van der Waals surface area contributed by atoms with Crippen molar-refractivity contribution in [3.05, 3.63) is 99.2 Å². The summed E-state index contributed by atoms with van der Waals surface area (Å²) in [6.07, 6.45) is 1.69. The second-order valence-corrected chi connectivity index (χ2v) is 7.87. The molecule has 0 N–H and O–H groups in total. The van der Waals surface area contributed by atoms with Crippen LogP contribution in [0.1, 0.15) is 27.0 Å². The van der Waals surface area contributed by atoms with Crippen molar-refractivity contribution in [2.75, 3.05) is 31.1 Å². The highest BCUT2D eigenvalue weighted by Crippen LogP contribution is 2.24. The largest absolute Gasteiger partial charge is 0.367 e. The topological polar surface area (TPSA) is 69.3 Å². The number of hydrogen-bond acceptors (Lipinski definition) is 4. The Morgan fingerprint density at radius 2 is 1.81 bits per heavy atom. The summed E-state index contributed by atoms with van der Waals surface area (Å²) in [5.74, 6) is -0.866. The lowest BCUT2D eigenvalue weighted by molar-refractivity contribution is 0.0744. The van der Waals surface area contributed by atoms with Crippen molar-refractivity contribution in [3.63, 3.8) is 0 Å². The number of rotatable bonds is 4. The van der Waals surface area contributed by atoms with Crippen LogP contribution in [-0.4, -0.2) is 41.6 Å². The van der Waals surface area contributed by atoms with E-state index in [1.807, 2.05) is 42.2 Å². The van der Waals surface area contributed by atoms with Gasteiger partial charge in [-0.3, -0.25) is 9.59 Å². The molecule has 0 saturated carbocycles. The minimum Gasteiger partial charge on any atom is -0.367 e. The van der Waals surface area contributed by atoms with Crippen LogP contribution in [0, 0.1) is 24.1 Å². The van der Waals surface area contributed by atoms with Crippen molar-refractivity contribution in [1.29, 1.82) is 5.26 Å². The van der Waals surface area contributed by atoms with Gasteiger partial charge in [-0.1, -0.05) is 35.9 Å². The quantitative estimate of drug-likeness (QED) is 0.638. The molecule has 3 aromatic rings. The summed E-state index contributed by atoms with van der Waals surface area (Å²) in [5, 5.41) is 9.28. The molecule has 0 bridgehead atoms. The number of halogens is 1. The summed E-state index contributed by atoms with van der Waals surface area (Å²) in [7, 11) is 0. The van der Waals surface area contributed by atoms with Crippen molar-refractivity contribution in [3.8, 4) is 6.07 Å². The number of nitrogens with zero attached hydrogens (tertiary/aromatic N) is 4. The van der Waals surface area contributed by atoms with Gasteiger partial charge in [0.2, 0.25) is 0 Å². The molecule has 1 saturated heterocycles. The monoisotopic (exact) mass is 430 g/mol. The first-order chi connectivity index (χ1) is 15.5. The number of pyridine rings is 1. The molecule has 0 atom stereocenters. The van der Waals surface area contributed by atoms with Crippen LogP contribution in [0.25, 0.3) is 0 Å². The van der Waals surface area contributed by atoms with E-state index >= 15 is 0 Å². The Morgan fingerprint density at radius 1 is 1.06 bits per heavy atom. The molecule has 1 aliphatic heterocycles. The van der Waals surface area contributed by atoms with Gasteiger partial charge in [0, 0.05) is 32.4 Å². The molecule has 0 spiro atoms. The predicted molar refractivity (Wildman–Crippen MR) is 120 cm³/mol. The highest BCUT2D eigenvalue weighted by molar-refractivity contribution is 5.94. The van der Waals surface area contributed by atoms with Crippen LogP contribution in [0.2, 0.25) is 0 Å². The first kappa shape index (κ1) is 21.3. The molecule has 1 fully saturated rings. The van der Waals surface area contributed by atoms with E-state index in [1.165, 1.54) is 6.07 Å². The Bertz CT molecular complexity index is 1250. The van der Waals surface area contributed by atoms with Gasteiger partial charge in [-0.2, -0.15) is 5.26 Å². The maximum absolute atomic E-state index is 13.9. The van der Waals surface area contributed by atoms with E-state index in [1.54, 1.807) is 39.9 Å². The Hall–Kier alpha value is -3.92. The van der Waals surface area contributed by atoms with E-state index in [-0.39, 0.29) is 22.6 Å². The Morgan fingerprint density at radius 3 is 2.53 bits per heavy atom. The van der Waals surface area contributed by atoms with E-state index in [4.69, 9.17) is 0 Å². The number of carbonyl (C=O) groups is 1. The molecule has 7 heteroatoms. The van der Waals surface area contributed by atoms with Gasteiger partial charge >= 0.3 is 0 Å². The zero-order valence-corrected chi connectivity index (χ0v) is 17.8. The van der Waals surface area contributed by atoms with Crippen molar-refractivity contribution < 1.29 is 9.18 Å². The smallest absolute Gasteiger partial charge is 0.263 e. The van der Waals surface area contributed by atoms with Gasteiger partial charge in [0.25, 0.3) is 11.5 Å². The van der Waals surface area contributed by atoms with Crippen LogP contribution >= 0.6 is 0 Å². The normalized spacial score (nSPS) is 13.7. The third-order valence-corrected chi connectivity index (χ3v) is 5.70. The molecule has 162 valence electrons. The van der Waals surface area contributed by atoms with Gasteiger partial charge in [0.15, 0.2) is 0 Å². The molecule has 32 heavy (non-hydrogen) atoms. The standard InChI is InChI=1S/C25H23FN4O2/c1-18-5-2-6-19(15-18)17-30-10-4-7-20(25(30)32)24(31)29-13-11-28(12-14-29)23-9-3-8-22(26)21(23)16-27/h2-10,15H,11-14,17H2,1H3. The summed E-state index contributed by atoms with van der Waals surface area (Å²) in [6.45, 7) is 4.06. The highest BCUT2D eigenvalue weighted by atomic mass is 19.1. The number of anilines is 1. The maximum Gasteiger partial charge on any atom is 0.263 e. The molecular weight excluding hydrogens is 407 g/mol. The van der Waals surface area contributed by atoms with Gasteiger partial charge in [-0.05, 0) is 36.8 Å². The summed E-state index contributed by atoms with van der Waals surface area (Å²) in [4.78, 5) is 29.6. The minimum absolute atomic E-state index is 0.00868. The first-order valence-corrected chi connectivity index (χ1v) is 10.5. The zero-order valence-electron chi connectivity index (χ0n) is 17.8. The number of nitriles is 1. The SMILES string of the molecule is Cc1cccc(Cn2cccc(C(=O)N3CCN(c4cccc(F)c4C#N)CC3)c2=O)c1. The maximum atomic E-state index is 13.9. The third-order valence-electron chi connectivity index (χ3n) is 5.70. The van der Waals surface area contributed by atoms with E-state index in [2.05, 4.69) is 0 Å². The average molecular weight is 430 g/mol. The van der Waals surface area contributed by atoms with Gasteiger partial charge in [-0.25, -0.2) is 4.39 Å². The third kappa shape index (κ3) is 4.26. The summed E-state index contributed by atoms with van der Waals surface area (Å²) < 4.78 is 15.5. The van der Waals surface area contributed by atoms with Crippen molar-refractivity contribution in [2.24, 2.45) is 0 Å². The minimum atomic E-state index is -0.554. The number of benzene rings is 2. The average Bonchev–Trinajstić information content (AvgIpc) is 2.80. The summed E-state index contributed by atoms with van der Waals surface area (Å²) >= 11 is 0. The van der Waals surface area contributed by atoms with Gasteiger partial charge in [0.05, 0.1) is 12.2 Å². The number of carbonyl (C=O) groups excluding carboxylic acids is 1. The molecule has 1 amide bonds. The molecule has 1 aromatic heterocycles. The molecule has 2 aromatic carbocycles. The fourth-order valence-corrected chi connectivity index (χ4v) is 4.04. The lowest BCUT2D eigenvalue weighted by Gasteiger charge is -2.36. The molecule has 1 aliphatic rings. The predicted octanol–water partition coefficient (Wildman–Crippen LogP) is 3.18. The second kappa shape index (κ2) is 9.06. The number of aryl methyl sites for hydroxylation is 1. The number of amides is 1. The van der Waals surface area contributed by atoms with Crippen molar-refractivity contribution >= 4 is 11.6 Å². The summed E-state index contributed by atoms with van der Waals surface area (Å²) in [6, 6.07) is 17.6. The van der Waals surface area contributed by atoms with Crippen LogP contribution in [0.3, 0.4) is 0 Å². The summed E-state index contributed by atoms with van der Waals surface area (Å²) in [5.41, 5.74) is 2.46. The fraction of sp³-hybridized carbons (Fsp3) is 0.240. The van der Waals surface area contributed by atoms with Crippen LogP contribution in [0.4, 0.5) is 10.1 Å². The second-order valence-electron chi connectivity index (χ2n) is 7.87. The number of piperazine rings is 1. The van der Waals surface area contributed by atoms with Crippen molar-refractivity contribution in [2.45, 2.75) is 13.5 Å². The van der Waals surface area contributed by atoms with Crippen LogP contribution < -0.4 is 10.5 Å². The van der Waals surface area contributed by atoms with E-state index in [9.17, 15) is 19.2 Å². The highest BCUT2D eigenvalue weighted by Gasteiger charge is 2.26. The van der Waals surface area contributed by atoms with E-state index in [0.717, 1.165) is 11.1 Å². The Labute approximate surface area is 185 Å². The van der Waals surface area contributed by atoms with Crippen LogP contribution in [0.5, 0.6) is 0 Å². The molecule has 0 radical (unpaired) electrons. The molecule has 0 unspecified atom stereocenters. The van der Waals surface area contributed by atoms with Gasteiger partial charge < -0.3 is 14.4 Å². The lowest BCUT2D eigenvalue weighted by atomic mass is 10.1.